The Kier molecular flexibility index (Phi) is 1.13. The number of amides is 2. The fourth-order valence-corrected chi connectivity index (χ4v) is 2.16. The molecule has 2 N–H and O–H groups in total. The fraction of sp³-hybridized carbons (Fsp3) is 0.857. The molecule has 0 aromatic heterocycles. The number of hydrogen-bond acceptors (Lipinski definition) is 1. The van der Waals surface area contributed by atoms with E-state index in [2.05, 4.69) is 0 Å². The van der Waals surface area contributed by atoms with Gasteiger partial charge < -0.3 is 10.6 Å². The Morgan fingerprint density at radius 2 is 2.00 bits per heavy atom. The minimum absolute atomic E-state index is 0.221. The van der Waals surface area contributed by atoms with Gasteiger partial charge in [-0.1, -0.05) is 0 Å². The zero-order valence-corrected chi connectivity index (χ0v) is 5.92. The highest BCUT2D eigenvalue weighted by Crippen LogP contribution is 2.37. The van der Waals surface area contributed by atoms with Crippen molar-refractivity contribution in [1.29, 1.82) is 0 Å². The number of rotatable bonds is 0. The maximum atomic E-state index is 10.7. The topological polar surface area (TPSA) is 46.3 Å². The van der Waals surface area contributed by atoms with Gasteiger partial charge in [-0.05, 0) is 25.7 Å². The quantitative estimate of drug-likeness (QED) is 0.528. The monoisotopic (exact) mass is 140 g/mol. The molecule has 2 heterocycles. The molecule has 1 aliphatic carbocycles. The van der Waals surface area contributed by atoms with Crippen LogP contribution in [0.15, 0.2) is 0 Å². The molecule has 56 valence electrons. The molecule has 3 rings (SSSR count). The third-order valence-corrected chi connectivity index (χ3v) is 2.66. The summed E-state index contributed by atoms with van der Waals surface area (Å²) in [5.41, 5.74) is 5.18. The first-order chi connectivity index (χ1) is 4.79. The van der Waals surface area contributed by atoms with Crippen molar-refractivity contribution in [3.05, 3.63) is 0 Å². The van der Waals surface area contributed by atoms with Crippen molar-refractivity contribution < 1.29 is 4.79 Å². The second-order valence-corrected chi connectivity index (χ2v) is 3.22. The number of primary amides is 1. The van der Waals surface area contributed by atoms with Crippen LogP contribution in [0.2, 0.25) is 0 Å². The summed E-state index contributed by atoms with van der Waals surface area (Å²) in [6, 6.07) is 0.772. The number of carbonyl (C=O) groups excluding carboxylic acids is 1. The Bertz CT molecular complexity index is 155. The number of hydrogen-bond donors (Lipinski definition) is 1. The summed E-state index contributed by atoms with van der Waals surface area (Å²) in [5, 5.41) is 0. The minimum Gasteiger partial charge on any atom is -0.351 e. The van der Waals surface area contributed by atoms with Crippen molar-refractivity contribution in [2.45, 2.75) is 37.8 Å². The average Bonchev–Trinajstić information content (AvgIpc) is 1.87. The highest BCUT2D eigenvalue weighted by molar-refractivity contribution is 5.74. The van der Waals surface area contributed by atoms with E-state index in [9.17, 15) is 4.79 Å². The number of carbonyl (C=O) groups is 1. The van der Waals surface area contributed by atoms with Gasteiger partial charge in [0, 0.05) is 12.1 Å². The van der Waals surface area contributed by atoms with E-state index in [1.165, 1.54) is 25.7 Å². The Balaban J connectivity index is 2.06. The molecule has 2 atom stereocenters. The molecule has 2 unspecified atom stereocenters. The Morgan fingerprint density at radius 3 is 2.30 bits per heavy atom. The summed E-state index contributed by atoms with van der Waals surface area (Å²) in [6.07, 6.45) is 4.81. The van der Waals surface area contributed by atoms with Crippen molar-refractivity contribution in [2.24, 2.45) is 5.73 Å². The molecule has 2 bridgehead atoms. The van der Waals surface area contributed by atoms with Crippen molar-refractivity contribution >= 4 is 6.03 Å². The van der Waals surface area contributed by atoms with Crippen LogP contribution in [0.1, 0.15) is 25.7 Å². The van der Waals surface area contributed by atoms with Crippen LogP contribution in [-0.2, 0) is 0 Å². The van der Waals surface area contributed by atoms with Crippen LogP contribution in [0.5, 0.6) is 0 Å². The first-order valence-electron chi connectivity index (χ1n) is 3.87. The van der Waals surface area contributed by atoms with Gasteiger partial charge in [0.2, 0.25) is 0 Å². The summed E-state index contributed by atoms with van der Waals surface area (Å²) in [4.78, 5) is 12.6. The standard InChI is InChI=1S/C7H12N2O/c8-7(10)9-5-2-1-3-6(9)4-5/h5-6H,1-4H2,(H2,8,10). The molecule has 0 spiro atoms. The van der Waals surface area contributed by atoms with Crippen LogP contribution < -0.4 is 5.73 Å². The zero-order valence-electron chi connectivity index (χ0n) is 5.92. The summed E-state index contributed by atoms with van der Waals surface area (Å²) in [5.74, 6) is 0. The molecule has 3 fully saturated rings. The van der Waals surface area contributed by atoms with E-state index in [1.54, 1.807) is 0 Å². The van der Waals surface area contributed by atoms with Crippen LogP contribution in [-0.4, -0.2) is 23.0 Å². The van der Waals surface area contributed by atoms with E-state index in [1.807, 2.05) is 4.90 Å². The van der Waals surface area contributed by atoms with Crippen LogP contribution in [0.4, 0.5) is 4.79 Å². The molecule has 10 heavy (non-hydrogen) atoms. The lowest BCUT2D eigenvalue weighted by Gasteiger charge is -2.51. The molecule has 0 aromatic rings. The average molecular weight is 140 g/mol. The van der Waals surface area contributed by atoms with Crippen LogP contribution in [0, 0.1) is 0 Å². The van der Waals surface area contributed by atoms with Crippen molar-refractivity contribution in [1.82, 2.24) is 4.90 Å². The van der Waals surface area contributed by atoms with E-state index in [-0.39, 0.29) is 6.03 Å². The first-order valence-corrected chi connectivity index (χ1v) is 3.87. The summed E-state index contributed by atoms with van der Waals surface area (Å²) < 4.78 is 0. The highest BCUT2D eigenvalue weighted by atomic mass is 16.2. The number of nitrogens with two attached hydrogens (primary N) is 1. The lowest BCUT2D eigenvalue weighted by Crippen LogP contribution is -2.62. The molecule has 1 saturated carbocycles. The van der Waals surface area contributed by atoms with Gasteiger partial charge in [-0.2, -0.15) is 0 Å². The third-order valence-electron chi connectivity index (χ3n) is 2.66. The fourth-order valence-electron chi connectivity index (χ4n) is 2.16. The van der Waals surface area contributed by atoms with Gasteiger partial charge in [0.1, 0.15) is 0 Å². The van der Waals surface area contributed by atoms with E-state index in [0.717, 1.165) is 0 Å². The zero-order chi connectivity index (χ0) is 7.14. The molecule has 3 nitrogen and oxygen atoms in total. The van der Waals surface area contributed by atoms with Crippen molar-refractivity contribution in [2.75, 3.05) is 0 Å². The Morgan fingerprint density at radius 1 is 1.40 bits per heavy atom. The molecular formula is C7H12N2O. The van der Waals surface area contributed by atoms with Gasteiger partial charge in [-0.25, -0.2) is 4.79 Å². The van der Waals surface area contributed by atoms with Gasteiger partial charge in [-0.3, -0.25) is 0 Å². The van der Waals surface area contributed by atoms with E-state index in [0.29, 0.717) is 12.1 Å². The maximum absolute atomic E-state index is 10.7. The first kappa shape index (κ1) is 6.01. The van der Waals surface area contributed by atoms with Crippen LogP contribution >= 0.6 is 0 Å². The van der Waals surface area contributed by atoms with Gasteiger partial charge in [0.05, 0.1) is 0 Å². The van der Waals surface area contributed by atoms with Crippen molar-refractivity contribution in [3.8, 4) is 0 Å². The largest absolute Gasteiger partial charge is 0.351 e. The van der Waals surface area contributed by atoms with Gasteiger partial charge in [0.15, 0.2) is 0 Å². The van der Waals surface area contributed by atoms with Crippen LogP contribution in [0.25, 0.3) is 0 Å². The third kappa shape index (κ3) is 0.632. The predicted molar refractivity (Wildman–Crippen MR) is 37.5 cm³/mol. The second kappa shape index (κ2) is 1.87. The van der Waals surface area contributed by atoms with E-state index >= 15 is 0 Å². The van der Waals surface area contributed by atoms with E-state index in [4.69, 9.17) is 5.73 Å². The molecular weight excluding hydrogens is 128 g/mol. The number of nitrogens with zero attached hydrogens (tertiary/aromatic N) is 1. The maximum Gasteiger partial charge on any atom is 0.315 e. The number of urea groups is 1. The van der Waals surface area contributed by atoms with Gasteiger partial charge in [0.25, 0.3) is 0 Å². The molecule has 2 aliphatic heterocycles. The van der Waals surface area contributed by atoms with Gasteiger partial charge >= 0.3 is 6.03 Å². The second-order valence-electron chi connectivity index (χ2n) is 3.22. The van der Waals surface area contributed by atoms with Gasteiger partial charge in [-0.15, -0.1) is 0 Å². The molecule has 3 aliphatic rings. The normalized spacial score (nSPS) is 37.0. The predicted octanol–water partition coefficient (Wildman–Crippen LogP) is 0.692. The molecule has 0 radical (unpaired) electrons. The van der Waals surface area contributed by atoms with E-state index < -0.39 is 0 Å². The molecule has 3 heteroatoms. The minimum atomic E-state index is -0.221. The summed E-state index contributed by atoms with van der Waals surface area (Å²) >= 11 is 0. The lowest BCUT2D eigenvalue weighted by molar-refractivity contribution is 0.0153. The Hall–Kier alpha value is -0.730. The highest BCUT2D eigenvalue weighted by Gasteiger charge is 2.43. The smallest absolute Gasteiger partial charge is 0.315 e. The summed E-state index contributed by atoms with van der Waals surface area (Å²) in [6.45, 7) is 0. The molecule has 0 aromatic carbocycles. The van der Waals surface area contributed by atoms with Crippen molar-refractivity contribution in [3.63, 3.8) is 0 Å². The Labute approximate surface area is 60.2 Å². The lowest BCUT2D eigenvalue weighted by atomic mass is 9.80. The number of fused-ring (bicyclic) bond motifs is 2. The molecule has 2 amide bonds. The SMILES string of the molecule is NC(=O)N1C2CCCC1C2. The number of piperidine rings is 1. The molecule has 2 saturated heterocycles. The summed E-state index contributed by atoms with van der Waals surface area (Å²) in [7, 11) is 0. The van der Waals surface area contributed by atoms with Crippen LogP contribution in [0.3, 0.4) is 0 Å².